The molecule has 4 nitrogen and oxygen atoms in total. The quantitative estimate of drug-likeness (QED) is 0.670. The number of alkyl halides is 2. The van der Waals surface area contributed by atoms with Crippen molar-refractivity contribution in [1.82, 2.24) is 0 Å². The fourth-order valence-corrected chi connectivity index (χ4v) is 1.11. The summed E-state index contributed by atoms with van der Waals surface area (Å²) in [4.78, 5) is 0. The Hall–Kier alpha value is -1.56. The molecule has 0 saturated heterocycles. The molecule has 16 heavy (non-hydrogen) atoms. The Kier molecular flexibility index (Phi) is 3.89. The van der Waals surface area contributed by atoms with E-state index in [4.69, 9.17) is 15.6 Å². The first kappa shape index (κ1) is 12.5. The number of rotatable bonds is 5. The van der Waals surface area contributed by atoms with E-state index in [-0.39, 0.29) is 0 Å². The molecule has 90 valence electrons. The van der Waals surface area contributed by atoms with Crippen LogP contribution in [0.5, 0.6) is 5.75 Å². The summed E-state index contributed by atoms with van der Waals surface area (Å²) in [5.41, 5.74) is 6.46. The van der Waals surface area contributed by atoms with Gasteiger partial charge in [0.05, 0.1) is 19.3 Å². The minimum atomic E-state index is -3.14. The number of anilines is 2. The van der Waals surface area contributed by atoms with Crippen molar-refractivity contribution in [2.45, 2.75) is 5.92 Å². The third kappa shape index (κ3) is 3.23. The lowest BCUT2D eigenvalue weighted by molar-refractivity contribution is -0.0372. The lowest BCUT2D eigenvalue weighted by Gasteiger charge is -2.15. The van der Waals surface area contributed by atoms with Gasteiger partial charge in [-0.05, 0) is 12.1 Å². The van der Waals surface area contributed by atoms with Gasteiger partial charge in [0, 0.05) is 11.8 Å². The number of halogens is 2. The lowest BCUT2D eigenvalue weighted by atomic mass is 10.2. The van der Waals surface area contributed by atoms with Gasteiger partial charge in [0.25, 0.3) is 5.92 Å². The second kappa shape index (κ2) is 4.98. The van der Waals surface area contributed by atoms with Crippen molar-refractivity contribution in [2.24, 2.45) is 0 Å². The maximum atomic E-state index is 12.7. The number of ether oxygens (including phenoxy) is 1. The lowest BCUT2D eigenvalue weighted by Crippen LogP contribution is -2.30. The Morgan fingerprint density at radius 2 is 2.19 bits per heavy atom. The molecular weight excluding hydrogens is 218 g/mol. The zero-order valence-corrected chi connectivity index (χ0v) is 8.84. The summed E-state index contributed by atoms with van der Waals surface area (Å²) < 4.78 is 30.4. The van der Waals surface area contributed by atoms with Crippen LogP contribution in [0.4, 0.5) is 20.2 Å². The molecule has 0 saturated carbocycles. The SMILES string of the molecule is COc1cc(NCC(F)(F)CO)ccc1N. The Bertz CT molecular complexity index is 359. The number of methoxy groups -OCH3 is 1. The highest BCUT2D eigenvalue weighted by Gasteiger charge is 2.27. The second-order valence-corrected chi connectivity index (χ2v) is 3.32. The van der Waals surface area contributed by atoms with Gasteiger partial charge in [0.1, 0.15) is 12.4 Å². The normalized spacial score (nSPS) is 11.2. The van der Waals surface area contributed by atoms with Crippen molar-refractivity contribution in [3.05, 3.63) is 18.2 Å². The number of nitrogens with one attached hydrogen (secondary N) is 1. The summed E-state index contributed by atoms with van der Waals surface area (Å²) in [6, 6.07) is 4.63. The number of aliphatic hydroxyl groups excluding tert-OH is 1. The van der Waals surface area contributed by atoms with Crippen LogP contribution >= 0.6 is 0 Å². The summed E-state index contributed by atoms with van der Waals surface area (Å²) in [5, 5.41) is 10.9. The van der Waals surface area contributed by atoms with E-state index in [0.29, 0.717) is 17.1 Å². The number of aliphatic hydroxyl groups is 1. The molecule has 0 fully saturated rings. The minimum absolute atomic E-state index is 0.414. The fraction of sp³-hybridized carbons (Fsp3) is 0.400. The molecule has 0 unspecified atom stereocenters. The van der Waals surface area contributed by atoms with Crippen molar-refractivity contribution in [3.63, 3.8) is 0 Å². The number of nitrogen functional groups attached to an aromatic ring is 1. The Labute approximate surface area is 92.0 Å². The average molecular weight is 232 g/mol. The third-order valence-corrected chi connectivity index (χ3v) is 2.02. The van der Waals surface area contributed by atoms with Crippen molar-refractivity contribution >= 4 is 11.4 Å². The zero-order chi connectivity index (χ0) is 12.2. The van der Waals surface area contributed by atoms with Gasteiger partial charge in [-0.3, -0.25) is 0 Å². The Morgan fingerprint density at radius 1 is 1.50 bits per heavy atom. The maximum absolute atomic E-state index is 12.7. The molecule has 1 rings (SSSR count). The highest BCUT2D eigenvalue weighted by atomic mass is 19.3. The van der Waals surface area contributed by atoms with Crippen molar-refractivity contribution < 1.29 is 18.6 Å². The zero-order valence-electron chi connectivity index (χ0n) is 8.84. The molecule has 0 aliphatic heterocycles. The highest BCUT2D eigenvalue weighted by Crippen LogP contribution is 2.25. The van der Waals surface area contributed by atoms with Crippen LogP contribution in [0.25, 0.3) is 0 Å². The molecule has 0 spiro atoms. The first-order valence-electron chi connectivity index (χ1n) is 4.64. The van der Waals surface area contributed by atoms with Gasteiger partial charge in [-0.15, -0.1) is 0 Å². The predicted molar refractivity (Wildman–Crippen MR) is 57.9 cm³/mol. The minimum Gasteiger partial charge on any atom is -0.495 e. The van der Waals surface area contributed by atoms with Gasteiger partial charge in [0.2, 0.25) is 0 Å². The van der Waals surface area contributed by atoms with Gasteiger partial charge < -0.3 is 20.9 Å². The number of benzene rings is 1. The van der Waals surface area contributed by atoms with Crippen LogP contribution < -0.4 is 15.8 Å². The largest absolute Gasteiger partial charge is 0.495 e. The molecule has 0 amide bonds. The van der Waals surface area contributed by atoms with Crippen LogP contribution in [0, 0.1) is 0 Å². The molecule has 1 aromatic carbocycles. The second-order valence-electron chi connectivity index (χ2n) is 3.32. The standard InChI is InChI=1S/C10H14F2N2O2/c1-16-9-4-7(2-3-8(9)13)14-5-10(11,12)6-15/h2-4,14-15H,5-6,13H2,1H3. The summed E-state index contributed by atoms with van der Waals surface area (Å²) >= 11 is 0. The van der Waals surface area contributed by atoms with E-state index in [2.05, 4.69) is 5.32 Å². The monoisotopic (exact) mass is 232 g/mol. The molecule has 0 bridgehead atoms. The van der Waals surface area contributed by atoms with Crippen LogP contribution in [0.2, 0.25) is 0 Å². The van der Waals surface area contributed by atoms with E-state index in [1.165, 1.54) is 13.2 Å². The van der Waals surface area contributed by atoms with Crippen molar-refractivity contribution in [3.8, 4) is 5.75 Å². The fourth-order valence-electron chi connectivity index (χ4n) is 1.11. The van der Waals surface area contributed by atoms with Crippen LogP contribution in [0.1, 0.15) is 0 Å². The summed E-state index contributed by atoms with van der Waals surface area (Å²) in [6.45, 7) is -1.83. The number of nitrogens with two attached hydrogens (primary N) is 1. The van der Waals surface area contributed by atoms with Crippen molar-refractivity contribution in [2.75, 3.05) is 31.3 Å². The molecule has 0 aliphatic rings. The first-order chi connectivity index (χ1) is 7.48. The Morgan fingerprint density at radius 3 is 2.75 bits per heavy atom. The molecular formula is C10H14F2N2O2. The van der Waals surface area contributed by atoms with E-state index in [0.717, 1.165) is 0 Å². The molecule has 6 heteroatoms. The van der Waals surface area contributed by atoms with Crippen molar-refractivity contribution in [1.29, 1.82) is 0 Å². The van der Waals surface area contributed by atoms with E-state index in [1.54, 1.807) is 12.1 Å². The Balaban J connectivity index is 2.68. The van der Waals surface area contributed by atoms with E-state index in [1.807, 2.05) is 0 Å². The van der Waals surface area contributed by atoms with Gasteiger partial charge in [-0.2, -0.15) is 0 Å². The van der Waals surface area contributed by atoms with Gasteiger partial charge >= 0.3 is 0 Å². The molecule has 0 radical (unpaired) electrons. The highest BCUT2D eigenvalue weighted by molar-refractivity contribution is 5.61. The van der Waals surface area contributed by atoms with E-state index < -0.39 is 19.1 Å². The molecule has 0 heterocycles. The first-order valence-corrected chi connectivity index (χ1v) is 4.64. The van der Waals surface area contributed by atoms with Gasteiger partial charge in [-0.1, -0.05) is 0 Å². The number of hydrogen-bond acceptors (Lipinski definition) is 4. The summed E-state index contributed by atoms with van der Waals surface area (Å²) in [7, 11) is 1.44. The van der Waals surface area contributed by atoms with Gasteiger partial charge in [-0.25, -0.2) is 8.78 Å². The molecule has 0 atom stereocenters. The molecule has 1 aromatic rings. The predicted octanol–water partition coefficient (Wildman–Crippen LogP) is 1.32. The summed E-state index contributed by atoms with van der Waals surface area (Å²) in [6.07, 6.45) is 0. The molecule has 0 aromatic heterocycles. The van der Waals surface area contributed by atoms with Crippen LogP contribution in [0.15, 0.2) is 18.2 Å². The summed E-state index contributed by atoms with van der Waals surface area (Å²) in [5.74, 6) is -2.73. The van der Waals surface area contributed by atoms with E-state index in [9.17, 15) is 8.78 Å². The van der Waals surface area contributed by atoms with Gasteiger partial charge in [0.15, 0.2) is 0 Å². The third-order valence-electron chi connectivity index (χ3n) is 2.02. The average Bonchev–Trinajstić information content (AvgIpc) is 2.28. The van der Waals surface area contributed by atoms with Crippen LogP contribution in [-0.2, 0) is 0 Å². The topological polar surface area (TPSA) is 67.5 Å². The maximum Gasteiger partial charge on any atom is 0.287 e. The van der Waals surface area contributed by atoms with E-state index >= 15 is 0 Å². The smallest absolute Gasteiger partial charge is 0.287 e. The van der Waals surface area contributed by atoms with Crippen LogP contribution in [0.3, 0.4) is 0 Å². The van der Waals surface area contributed by atoms with Crippen LogP contribution in [-0.4, -0.2) is 31.3 Å². The molecule has 4 N–H and O–H groups in total. The number of hydrogen-bond donors (Lipinski definition) is 3. The molecule has 0 aliphatic carbocycles.